The number of aliphatic hydroxyl groups is 1. The number of aliphatic hydroxyl groups excluding tert-OH is 1. The second kappa shape index (κ2) is 16.6. The van der Waals surface area contributed by atoms with Crippen molar-refractivity contribution < 1.29 is 33.8 Å². The van der Waals surface area contributed by atoms with Crippen LogP contribution in [0.1, 0.15) is 58.6 Å². The van der Waals surface area contributed by atoms with Crippen molar-refractivity contribution in [2.45, 2.75) is 68.9 Å². The average molecular weight is 685 g/mol. The summed E-state index contributed by atoms with van der Waals surface area (Å²) in [5.41, 5.74) is 5.53. The zero-order valence-corrected chi connectivity index (χ0v) is 28.0. The Kier molecular flexibility index (Phi) is 13.5. The molecule has 1 aliphatic heterocycles. The van der Waals surface area contributed by atoms with Crippen LogP contribution >= 0.6 is 34.8 Å². The number of rotatable bonds is 13. The molecule has 1 aliphatic rings. The molecule has 0 aromatic heterocycles. The molecule has 0 unspecified atom stereocenters. The Bertz CT molecular complexity index is 1330. The molecule has 1 saturated heterocycles. The number of Topliss-reactive ketones (excluding diaryl/α,β-unsaturated/α-hetero) is 1. The summed E-state index contributed by atoms with van der Waals surface area (Å²) < 4.78 is 8.97. The summed E-state index contributed by atoms with van der Waals surface area (Å²) in [6, 6.07) is 13.1. The van der Waals surface area contributed by atoms with Crippen LogP contribution in [0.4, 0.5) is 0 Å². The first-order valence-corrected chi connectivity index (χ1v) is 15.9. The topological polar surface area (TPSA) is 134 Å². The first-order valence-electron chi connectivity index (χ1n) is 14.8. The van der Waals surface area contributed by atoms with Gasteiger partial charge in [0.2, 0.25) is 9.70 Å². The van der Waals surface area contributed by atoms with Crippen LogP contribution in [0.5, 0.6) is 5.75 Å². The number of hydrazine groups is 1. The van der Waals surface area contributed by atoms with Gasteiger partial charge in [-0.15, -0.1) is 0 Å². The standard InChI is InChI=1S/C32H40Cl3N3O7/c1-19(2)27(16-25(40)17-44-26-12-10-22(11-13-26)24-8-5-7-23(15-24)21(4)39)29(41)36-20(3)30(42)38-14-6-9-28(37-38)31(43)45-18-32(33,34)35/h5,7-8,10-13,15,19-21,27-28,37,39H,6,9,14,16-18H2,1-4H3,(H,36,41)/t20-,21+,27-,28-/m0/s1. The minimum absolute atomic E-state index is 0.0618. The Morgan fingerprint density at radius 1 is 1.04 bits per heavy atom. The van der Waals surface area contributed by atoms with E-state index in [0.717, 1.165) is 16.7 Å². The summed E-state index contributed by atoms with van der Waals surface area (Å²) in [6.07, 6.45) is 0.311. The lowest BCUT2D eigenvalue weighted by atomic mass is 9.89. The van der Waals surface area contributed by atoms with Crippen molar-refractivity contribution in [2.24, 2.45) is 11.8 Å². The maximum Gasteiger partial charge on any atom is 0.325 e. The van der Waals surface area contributed by atoms with E-state index >= 15 is 0 Å². The van der Waals surface area contributed by atoms with Crippen molar-refractivity contribution in [3.8, 4) is 16.9 Å². The van der Waals surface area contributed by atoms with Crippen molar-refractivity contribution in [1.82, 2.24) is 15.8 Å². The molecule has 1 fully saturated rings. The predicted octanol–water partition coefficient (Wildman–Crippen LogP) is 4.93. The van der Waals surface area contributed by atoms with Gasteiger partial charge < -0.3 is 19.9 Å². The van der Waals surface area contributed by atoms with Crippen LogP contribution in [0.15, 0.2) is 48.5 Å². The second-order valence-corrected chi connectivity index (χ2v) is 14.0. The lowest BCUT2D eigenvalue weighted by molar-refractivity contribution is -0.153. The fourth-order valence-corrected chi connectivity index (χ4v) is 4.97. The maximum absolute atomic E-state index is 13.2. The first-order chi connectivity index (χ1) is 21.1. The van der Waals surface area contributed by atoms with Gasteiger partial charge in [-0.1, -0.05) is 79.0 Å². The zero-order chi connectivity index (χ0) is 33.3. The molecule has 2 aromatic carbocycles. The molecule has 0 saturated carbocycles. The molecule has 0 aliphatic carbocycles. The summed E-state index contributed by atoms with van der Waals surface area (Å²) in [4.78, 5) is 51.4. The monoisotopic (exact) mass is 683 g/mol. The highest BCUT2D eigenvalue weighted by atomic mass is 35.6. The minimum atomic E-state index is -1.75. The molecule has 4 atom stereocenters. The highest BCUT2D eigenvalue weighted by molar-refractivity contribution is 6.67. The Morgan fingerprint density at radius 2 is 1.73 bits per heavy atom. The van der Waals surface area contributed by atoms with Gasteiger partial charge in [-0.05, 0) is 67.5 Å². The van der Waals surface area contributed by atoms with E-state index in [2.05, 4.69) is 10.7 Å². The van der Waals surface area contributed by atoms with Crippen molar-refractivity contribution in [1.29, 1.82) is 0 Å². The van der Waals surface area contributed by atoms with Crippen LogP contribution in [-0.2, 0) is 23.9 Å². The van der Waals surface area contributed by atoms with Crippen LogP contribution in [0, 0.1) is 11.8 Å². The highest BCUT2D eigenvalue weighted by Crippen LogP contribution is 2.27. The van der Waals surface area contributed by atoms with Crippen molar-refractivity contribution in [2.75, 3.05) is 19.8 Å². The summed E-state index contributed by atoms with van der Waals surface area (Å²) in [6.45, 7) is 6.59. The molecular weight excluding hydrogens is 645 g/mol. The lowest BCUT2D eigenvalue weighted by Gasteiger charge is -2.34. The Labute approximate surface area is 278 Å². The second-order valence-electron chi connectivity index (χ2n) is 11.5. The van der Waals surface area contributed by atoms with Gasteiger partial charge in [-0.25, -0.2) is 5.43 Å². The first kappa shape index (κ1) is 36.6. The lowest BCUT2D eigenvalue weighted by Crippen LogP contribution is -2.60. The van der Waals surface area contributed by atoms with Crippen molar-refractivity contribution in [3.05, 3.63) is 54.1 Å². The van der Waals surface area contributed by atoms with Crippen LogP contribution in [0.25, 0.3) is 11.1 Å². The van der Waals surface area contributed by atoms with Crippen molar-refractivity contribution >= 4 is 58.4 Å². The van der Waals surface area contributed by atoms with Gasteiger partial charge in [0.05, 0.1) is 6.10 Å². The van der Waals surface area contributed by atoms with Gasteiger partial charge in [0.25, 0.3) is 5.91 Å². The summed E-state index contributed by atoms with van der Waals surface area (Å²) in [7, 11) is 0. The molecule has 13 heteroatoms. The summed E-state index contributed by atoms with van der Waals surface area (Å²) in [5, 5.41) is 13.8. The molecule has 2 amide bonds. The van der Waals surface area contributed by atoms with E-state index in [9.17, 15) is 24.3 Å². The maximum atomic E-state index is 13.2. The SMILES string of the molecule is CC(C)[C@H](CC(=O)COc1ccc(-c2cccc([C@@H](C)O)c2)cc1)C(=O)N[C@@H](C)C(=O)N1CCC[C@@H](C(=O)OCC(Cl)(Cl)Cl)N1. The number of benzene rings is 2. The van der Waals surface area contributed by atoms with E-state index in [1.165, 1.54) is 5.01 Å². The van der Waals surface area contributed by atoms with Crippen LogP contribution < -0.4 is 15.5 Å². The van der Waals surface area contributed by atoms with E-state index in [-0.39, 0.29) is 24.7 Å². The molecule has 0 bridgehead atoms. The molecule has 0 spiro atoms. The number of carbonyl (C=O) groups excluding carboxylic acids is 4. The Balaban J connectivity index is 1.50. The van der Waals surface area contributed by atoms with E-state index in [1.54, 1.807) is 26.0 Å². The predicted molar refractivity (Wildman–Crippen MR) is 173 cm³/mol. The quantitative estimate of drug-likeness (QED) is 0.200. The third-order valence-electron chi connectivity index (χ3n) is 7.39. The summed E-state index contributed by atoms with van der Waals surface area (Å²) in [5.74, 6) is -2.15. The average Bonchev–Trinajstić information content (AvgIpc) is 3.00. The number of carbonyl (C=O) groups is 4. The van der Waals surface area contributed by atoms with Gasteiger partial charge in [0.15, 0.2) is 5.78 Å². The van der Waals surface area contributed by atoms with Gasteiger partial charge in [-0.2, -0.15) is 0 Å². The van der Waals surface area contributed by atoms with Gasteiger partial charge in [0, 0.05) is 18.9 Å². The number of nitrogens with zero attached hydrogens (tertiary/aromatic N) is 1. The number of hydrogen-bond donors (Lipinski definition) is 3. The molecule has 3 N–H and O–H groups in total. The number of halogens is 3. The van der Waals surface area contributed by atoms with Gasteiger partial charge in [0.1, 0.15) is 31.0 Å². The third kappa shape index (κ3) is 11.4. The Hall–Kier alpha value is -2.89. The van der Waals surface area contributed by atoms with Crippen molar-refractivity contribution in [3.63, 3.8) is 0 Å². The van der Waals surface area contributed by atoms with Gasteiger partial charge >= 0.3 is 5.97 Å². The molecule has 10 nitrogen and oxygen atoms in total. The fourth-order valence-electron chi connectivity index (χ4n) is 4.81. The molecule has 2 aromatic rings. The molecule has 246 valence electrons. The van der Waals surface area contributed by atoms with Gasteiger partial charge in [-0.3, -0.25) is 24.2 Å². The van der Waals surface area contributed by atoms with E-state index in [1.807, 2.05) is 50.2 Å². The third-order valence-corrected chi connectivity index (χ3v) is 7.72. The fraction of sp³-hybridized carbons (Fsp3) is 0.500. The number of ether oxygens (including phenoxy) is 2. The Morgan fingerprint density at radius 3 is 2.36 bits per heavy atom. The highest BCUT2D eigenvalue weighted by Gasteiger charge is 2.34. The number of hydrogen-bond acceptors (Lipinski definition) is 8. The largest absolute Gasteiger partial charge is 0.486 e. The normalized spacial score (nSPS) is 17.3. The van der Waals surface area contributed by atoms with E-state index in [4.69, 9.17) is 44.3 Å². The zero-order valence-electron chi connectivity index (χ0n) is 25.7. The molecule has 1 heterocycles. The molecule has 45 heavy (non-hydrogen) atoms. The number of nitrogens with one attached hydrogen (secondary N) is 2. The number of esters is 1. The van der Waals surface area contributed by atoms with Crippen LogP contribution in [0.3, 0.4) is 0 Å². The molecule has 3 rings (SSSR count). The minimum Gasteiger partial charge on any atom is -0.486 e. The summed E-state index contributed by atoms with van der Waals surface area (Å²) >= 11 is 16.9. The van der Waals surface area contributed by atoms with Crippen LogP contribution in [-0.4, -0.2) is 69.3 Å². The van der Waals surface area contributed by atoms with Crippen LogP contribution in [0.2, 0.25) is 0 Å². The van der Waals surface area contributed by atoms with E-state index < -0.39 is 52.3 Å². The molecule has 0 radical (unpaired) electrons. The molecular formula is C32H40Cl3N3O7. The number of alkyl halides is 3. The number of amides is 2. The van der Waals surface area contributed by atoms with E-state index in [0.29, 0.717) is 25.1 Å². The smallest absolute Gasteiger partial charge is 0.325 e. The number of ketones is 1.